The van der Waals surface area contributed by atoms with Crippen molar-refractivity contribution in [2.24, 2.45) is 0 Å². The van der Waals surface area contributed by atoms with E-state index in [4.69, 9.17) is 0 Å². The van der Waals surface area contributed by atoms with Crippen LogP contribution in [-0.2, 0) is 15.2 Å². The topological polar surface area (TPSA) is 17.1 Å². The molecule has 19 heavy (non-hydrogen) atoms. The second kappa shape index (κ2) is 4.90. The summed E-state index contributed by atoms with van der Waals surface area (Å²) in [6.07, 6.45) is 1.16. The Kier molecular flexibility index (Phi) is 4.16. The van der Waals surface area contributed by atoms with E-state index in [0.717, 1.165) is 6.29 Å². The van der Waals surface area contributed by atoms with Crippen LogP contribution in [0, 0.1) is 6.92 Å². The Morgan fingerprint density at radius 1 is 1.05 bits per heavy atom. The molecule has 2 heteroatoms. The van der Waals surface area contributed by atoms with Gasteiger partial charge in [0.1, 0.15) is 6.29 Å². The third kappa shape index (κ3) is 2.99. The average molecular weight is 276 g/mol. The van der Waals surface area contributed by atoms with E-state index in [-0.39, 0.29) is 10.5 Å². The fourth-order valence-corrected chi connectivity index (χ4v) is 3.80. The minimum absolute atomic E-state index is 0.153. The first-order valence-corrected chi connectivity index (χ1v) is 10.5. The number of hydrogen-bond acceptors (Lipinski definition) is 1. The molecule has 0 N–H and O–H groups in total. The van der Waals surface area contributed by atoms with Crippen molar-refractivity contribution in [2.45, 2.75) is 64.7 Å². The van der Waals surface area contributed by atoms with Gasteiger partial charge < -0.3 is 4.79 Å². The molecule has 0 aliphatic rings. The highest BCUT2D eigenvalue weighted by atomic mass is 28.3. The summed E-state index contributed by atoms with van der Waals surface area (Å²) in [5.74, 6) is 0. The molecule has 0 radical (unpaired) electrons. The highest BCUT2D eigenvalue weighted by molar-refractivity contribution is 6.81. The fourth-order valence-electron chi connectivity index (χ4n) is 2.36. The normalized spacial score (nSPS) is 16.0. The highest BCUT2D eigenvalue weighted by Crippen LogP contribution is 2.36. The maximum Gasteiger partial charge on any atom is 0.127 e. The standard InChI is InChI=1S/C17H28OSi/c1-13-11-14(16(2,3)4)9-10-15(13)17(5,12-18)19(6,7)8/h9-12H,1-8H3. The van der Waals surface area contributed by atoms with Crippen molar-refractivity contribution >= 4 is 14.4 Å². The number of carbonyl (C=O) groups excluding carboxylic acids is 1. The molecule has 0 spiro atoms. The Balaban J connectivity index is 3.42. The smallest absolute Gasteiger partial charge is 0.127 e. The lowest BCUT2D eigenvalue weighted by atomic mass is 9.84. The van der Waals surface area contributed by atoms with E-state index >= 15 is 0 Å². The molecule has 0 fully saturated rings. The lowest BCUT2D eigenvalue weighted by Crippen LogP contribution is -2.49. The molecule has 0 heterocycles. The van der Waals surface area contributed by atoms with Crippen LogP contribution >= 0.6 is 0 Å². The molecule has 0 bridgehead atoms. The summed E-state index contributed by atoms with van der Waals surface area (Å²) in [6.45, 7) is 17.7. The van der Waals surface area contributed by atoms with Crippen LogP contribution in [0.1, 0.15) is 44.4 Å². The van der Waals surface area contributed by atoms with E-state index in [0.29, 0.717) is 0 Å². The third-order valence-corrected chi connectivity index (χ3v) is 7.95. The molecular weight excluding hydrogens is 248 g/mol. The van der Waals surface area contributed by atoms with Crippen molar-refractivity contribution in [2.75, 3.05) is 0 Å². The molecule has 0 amide bonds. The minimum atomic E-state index is -1.61. The van der Waals surface area contributed by atoms with Gasteiger partial charge in [-0.15, -0.1) is 0 Å². The Morgan fingerprint density at radius 2 is 1.58 bits per heavy atom. The second-order valence-corrected chi connectivity index (χ2v) is 13.4. The number of carbonyl (C=O) groups is 1. The van der Waals surface area contributed by atoms with Gasteiger partial charge in [-0.05, 0) is 29.0 Å². The van der Waals surface area contributed by atoms with Gasteiger partial charge >= 0.3 is 0 Å². The van der Waals surface area contributed by atoms with Gasteiger partial charge in [0.15, 0.2) is 0 Å². The van der Waals surface area contributed by atoms with Crippen LogP contribution in [0.2, 0.25) is 19.6 Å². The van der Waals surface area contributed by atoms with Crippen molar-refractivity contribution in [3.8, 4) is 0 Å². The van der Waals surface area contributed by atoms with Gasteiger partial charge in [-0.1, -0.05) is 65.5 Å². The lowest BCUT2D eigenvalue weighted by Gasteiger charge is -2.37. The van der Waals surface area contributed by atoms with Crippen molar-refractivity contribution in [1.29, 1.82) is 0 Å². The predicted octanol–water partition coefficient (Wildman–Crippen LogP) is 4.63. The number of aryl methyl sites for hydroxylation is 1. The summed E-state index contributed by atoms with van der Waals surface area (Å²) in [4.78, 5) is 11.7. The first kappa shape index (κ1) is 16.2. The van der Waals surface area contributed by atoms with Gasteiger partial charge in [0, 0.05) is 5.04 Å². The quantitative estimate of drug-likeness (QED) is 0.581. The molecule has 1 aromatic carbocycles. The molecule has 1 atom stereocenters. The maximum absolute atomic E-state index is 11.7. The van der Waals surface area contributed by atoms with Crippen LogP contribution in [0.4, 0.5) is 0 Å². The van der Waals surface area contributed by atoms with Gasteiger partial charge in [0.2, 0.25) is 0 Å². The van der Waals surface area contributed by atoms with Crippen LogP contribution in [0.3, 0.4) is 0 Å². The summed E-state index contributed by atoms with van der Waals surface area (Å²) in [6, 6.07) is 6.60. The molecule has 106 valence electrons. The second-order valence-electron chi connectivity index (χ2n) is 7.85. The molecular formula is C17H28OSi. The fraction of sp³-hybridized carbons (Fsp3) is 0.588. The number of hydrogen-bond donors (Lipinski definition) is 0. The molecule has 1 nitrogen and oxygen atoms in total. The number of aldehydes is 1. The van der Waals surface area contributed by atoms with Crippen molar-refractivity contribution in [3.05, 3.63) is 34.9 Å². The van der Waals surface area contributed by atoms with E-state index in [1.165, 1.54) is 16.7 Å². The van der Waals surface area contributed by atoms with E-state index in [1.54, 1.807) is 0 Å². The lowest BCUT2D eigenvalue weighted by molar-refractivity contribution is -0.110. The zero-order valence-corrected chi connectivity index (χ0v) is 14.7. The third-order valence-electron chi connectivity index (χ3n) is 4.45. The average Bonchev–Trinajstić information content (AvgIpc) is 2.25. The zero-order chi connectivity index (χ0) is 15.1. The Hall–Kier alpha value is -0.893. The van der Waals surface area contributed by atoms with E-state index in [1.807, 2.05) is 0 Å². The largest absolute Gasteiger partial charge is 0.303 e. The summed E-state index contributed by atoms with van der Waals surface area (Å²) in [7, 11) is -1.61. The Bertz CT molecular complexity index is 477. The summed E-state index contributed by atoms with van der Waals surface area (Å²) in [5, 5.41) is -0.312. The molecule has 1 rings (SSSR count). The molecule has 0 aromatic heterocycles. The monoisotopic (exact) mass is 276 g/mol. The van der Waals surface area contributed by atoms with Crippen LogP contribution in [-0.4, -0.2) is 14.4 Å². The minimum Gasteiger partial charge on any atom is -0.303 e. The van der Waals surface area contributed by atoms with Gasteiger partial charge in [0.05, 0.1) is 8.07 Å². The van der Waals surface area contributed by atoms with E-state index in [9.17, 15) is 4.79 Å². The zero-order valence-electron chi connectivity index (χ0n) is 13.7. The van der Waals surface area contributed by atoms with Crippen LogP contribution < -0.4 is 0 Å². The first-order chi connectivity index (χ1) is 8.43. The van der Waals surface area contributed by atoms with E-state index < -0.39 is 8.07 Å². The van der Waals surface area contributed by atoms with Crippen molar-refractivity contribution in [3.63, 3.8) is 0 Å². The van der Waals surface area contributed by atoms with Crippen molar-refractivity contribution < 1.29 is 4.79 Å². The molecule has 1 aromatic rings. The Labute approximate surface area is 119 Å². The summed E-state index contributed by atoms with van der Waals surface area (Å²) < 4.78 is 0. The van der Waals surface area contributed by atoms with Gasteiger partial charge in [-0.3, -0.25) is 0 Å². The number of rotatable bonds is 3. The molecule has 0 saturated heterocycles. The van der Waals surface area contributed by atoms with Crippen LogP contribution in [0.5, 0.6) is 0 Å². The van der Waals surface area contributed by atoms with Crippen LogP contribution in [0.15, 0.2) is 18.2 Å². The molecule has 0 saturated carbocycles. The van der Waals surface area contributed by atoms with Gasteiger partial charge in [-0.2, -0.15) is 0 Å². The molecule has 1 unspecified atom stereocenters. The van der Waals surface area contributed by atoms with Crippen LogP contribution in [0.25, 0.3) is 0 Å². The molecule has 0 aliphatic carbocycles. The van der Waals surface area contributed by atoms with E-state index in [2.05, 4.69) is 72.5 Å². The number of benzene rings is 1. The summed E-state index contributed by atoms with van der Waals surface area (Å²) >= 11 is 0. The summed E-state index contributed by atoms with van der Waals surface area (Å²) in [5.41, 5.74) is 3.93. The highest BCUT2D eigenvalue weighted by Gasteiger charge is 2.41. The van der Waals surface area contributed by atoms with Gasteiger partial charge in [-0.25, -0.2) is 0 Å². The maximum atomic E-state index is 11.7. The van der Waals surface area contributed by atoms with Gasteiger partial charge in [0.25, 0.3) is 0 Å². The van der Waals surface area contributed by atoms with Crippen molar-refractivity contribution in [1.82, 2.24) is 0 Å². The predicted molar refractivity (Wildman–Crippen MR) is 86.6 cm³/mol. The Morgan fingerprint density at radius 3 is 1.89 bits per heavy atom. The SMILES string of the molecule is Cc1cc(C(C)(C)C)ccc1C(C)(C=O)[Si](C)(C)C. The molecule has 0 aliphatic heterocycles. The first-order valence-electron chi connectivity index (χ1n) is 7.01.